The number of benzene rings is 1. The van der Waals surface area contributed by atoms with E-state index in [4.69, 9.17) is 0 Å². The molecule has 1 saturated carbocycles. The number of nitrogens with zero attached hydrogens (tertiary/aromatic N) is 1. The number of anilines is 1. The Hall–Kier alpha value is -2.10. The Balaban J connectivity index is 1.90. The molecule has 4 nitrogen and oxygen atoms in total. The van der Waals surface area contributed by atoms with Gasteiger partial charge in [0.1, 0.15) is 0 Å². The maximum absolute atomic E-state index is 11.6. The third-order valence-corrected chi connectivity index (χ3v) is 4.48. The van der Waals surface area contributed by atoms with Crippen molar-refractivity contribution in [3.8, 4) is 0 Å². The Morgan fingerprint density at radius 2 is 2.05 bits per heavy atom. The number of aliphatic carboxylic acids is 1. The lowest BCUT2D eigenvalue weighted by atomic mass is 9.86. The monoisotopic (exact) mass is 284 g/mol. The van der Waals surface area contributed by atoms with Crippen LogP contribution < -0.4 is 5.32 Å². The minimum absolute atomic E-state index is 0.482. The topological polar surface area (TPSA) is 62.2 Å². The largest absolute Gasteiger partial charge is 0.481 e. The number of carboxylic acids is 1. The molecule has 2 aromatic rings. The highest BCUT2D eigenvalue weighted by atomic mass is 16.4. The molecule has 1 fully saturated rings. The first-order valence-electron chi connectivity index (χ1n) is 7.44. The van der Waals surface area contributed by atoms with Crippen molar-refractivity contribution in [2.75, 3.05) is 11.9 Å². The highest BCUT2D eigenvalue weighted by molar-refractivity contribution is 5.91. The molecule has 0 unspecified atom stereocenters. The summed E-state index contributed by atoms with van der Waals surface area (Å²) in [6.45, 7) is 2.44. The third-order valence-electron chi connectivity index (χ3n) is 4.48. The van der Waals surface area contributed by atoms with Crippen molar-refractivity contribution in [1.82, 2.24) is 4.98 Å². The molecule has 3 rings (SSSR count). The van der Waals surface area contributed by atoms with Gasteiger partial charge in [-0.25, -0.2) is 0 Å². The number of para-hydroxylation sites is 1. The van der Waals surface area contributed by atoms with Gasteiger partial charge in [0.15, 0.2) is 0 Å². The summed E-state index contributed by atoms with van der Waals surface area (Å²) in [5, 5.41) is 14.0. The van der Waals surface area contributed by atoms with Gasteiger partial charge in [0.25, 0.3) is 0 Å². The van der Waals surface area contributed by atoms with Crippen molar-refractivity contribution in [3.63, 3.8) is 0 Å². The summed E-state index contributed by atoms with van der Waals surface area (Å²) in [5.41, 5.74) is 2.24. The smallest absolute Gasteiger partial charge is 0.311 e. The fourth-order valence-corrected chi connectivity index (χ4v) is 3.24. The molecule has 1 aromatic carbocycles. The van der Waals surface area contributed by atoms with Crippen molar-refractivity contribution in [1.29, 1.82) is 0 Å². The molecule has 0 saturated heterocycles. The number of carboxylic acid groups (broad SMARTS) is 1. The molecule has 2 N–H and O–H groups in total. The normalized spacial score (nSPS) is 17.0. The number of pyridine rings is 1. The maximum atomic E-state index is 11.6. The molecular weight excluding hydrogens is 264 g/mol. The van der Waals surface area contributed by atoms with Crippen LogP contribution in [0.25, 0.3) is 10.9 Å². The first-order valence-corrected chi connectivity index (χ1v) is 7.44. The number of aromatic nitrogens is 1. The molecule has 1 aliphatic carbocycles. The number of rotatable bonds is 4. The number of hydrogen-bond acceptors (Lipinski definition) is 3. The minimum atomic E-state index is -0.678. The molecule has 1 aromatic heterocycles. The second kappa shape index (κ2) is 5.35. The van der Waals surface area contributed by atoms with Gasteiger partial charge in [0, 0.05) is 23.3 Å². The van der Waals surface area contributed by atoms with Crippen LogP contribution in [-0.2, 0) is 4.79 Å². The first-order chi connectivity index (χ1) is 10.1. The second-order valence-electron chi connectivity index (χ2n) is 5.97. The number of hydrogen-bond donors (Lipinski definition) is 2. The van der Waals surface area contributed by atoms with Crippen LogP contribution >= 0.6 is 0 Å². The summed E-state index contributed by atoms with van der Waals surface area (Å²) in [7, 11) is 0. The fraction of sp³-hybridized carbons (Fsp3) is 0.412. The zero-order valence-corrected chi connectivity index (χ0v) is 12.2. The Morgan fingerprint density at radius 3 is 2.76 bits per heavy atom. The fourth-order valence-electron chi connectivity index (χ4n) is 3.24. The predicted octanol–water partition coefficient (Wildman–Crippen LogP) is 3.60. The van der Waals surface area contributed by atoms with Crippen LogP contribution in [0, 0.1) is 12.3 Å². The summed E-state index contributed by atoms with van der Waals surface area (Å²) in [6.07, 6.45) is 3.53. The Kier molecular flexibility index (Phi) is 3.53. The van der Waals surface area contributed by atoms with Gasteiger partial charge in [-0.05, 0) is 31.9 Å². The van der Waals surface area contributed by atoms with Crippen LogP contribution in [0.15, 0.2) is 30.3 Å². The van der Waals surface area contributed by atoms with Crippen LogP contribution in [0.1, 0.15) is 31.4 Å². The van der Waals surface area contributed by atoms with E-state index in [2.05, 4.69) is 10.3 Å². The molecule has 4 heteroatoms. The van der Waals surface area contributed by atoms with Gasteiger partial charge >= 0.3 is 5.97 Å². The van der Waals surface area contributed by atoms with E-state index in [1.165, 1.54) is 0 Å². The molecule has 0 bridgehead atoms. The number of nitrogens with one attached hydrogen (secondary N) is 1. The molecule has 0 spiro atoms. The van der Waals surface area contributed by atoms with Crippen molar-refractivity contribution >= 4 is 22.6 Å². The lowest BCUT2D eigenvalue weighted by molar-refractivity contribution is -0.147. The van der Waals surface area contributed by atoms with Crippen LogP contribution in [0.5, 0.6) is 0 Å². The molecule has 21 heavy (non-hydrogen) atoms. The average molecular weight is 284 g/mol. The molecular formula is C17H20N2O2. The molecule has 0 atom stereocenters. The minimum Gasteiger partial charge on any atom is -0.481 e. The number of aryl methyl sites for hydroxylation is 1. The van der Waals surface area contributed by atoms with E-state index in [9.17, 15) is 9.90 Å². The highest BCUT2D eigenvalue weighted by Gasteiger charge is 2.41. The lowest BCUT2D eigenvalue weighted by Crippen LogP contribution is -2.35. The standard InChI is InChI=1S/C17H20N2O2/c1-12-10-15(13-6-2-3-7-14(13)19-12)18-11-17(16(20)21)8-4-5-9-17/h2-3,6-7,10H,4-5,8-9,11H2,1H3,(H,18,19)(H,20,21). The van der Waals surface area contributed by atoms with E-state index in [1.807, 2.05) is 37.3 Å². The van der Waals surface area contributed by atoms with E-state index < -0.39 is 11.4 Å². The maximum Gasteiger partial charge on any atom is 0.311 e. The van der Waals surface area contributed by atoms with E-state index in [0.29, 0.717) is 6.54 Å². The number of fused-ring (bicyclic) bond motifs is 1. The van der Waals surface area contributed by atoms with Crippen molar-refractivity contribution in [2.24, 2.45) is 5.41 Å². The van der Waals surface area contributed by atoms with E-state index in [1.54, 1.807) is 0 Å². The van der Waals surface area contributed by atoms with E-state index in [0.717, 1.165) is 48.0 Å². The van der Waals surface area contributed by atoms with Gasteiger partial charge in [0.2, 0.25) is 0 Å². The van der Waals surface area contributed by atoms with Gasteiger partial charge < -0.3 is 10.4 Å². The predicted molar refractivity (Wildman–Crippen MR) is 83.5 cm³/mol. The molecule has 110 valence electrons. The van der Waals surface area contributed by atoms with Crippen molar-refractivity contribution < 1.29 is 9.90 Å². The lowest BCUT2D eigenvalue weighted by Gasteiger charge is -2.25. The first kappa shape index (κ1) is 13.9. The Labute approximate surface area is 124 Å². The third kappa shape index (κ3) is 2.58. The van der Waals surface area contributed by atoms with Crippen molar-refractivity contribution in [2.45, 2.75) is 32.6 Å². The summed E-state index contributed by atoms with van der Waals surface area (Å²) < 4.78 is 0. The zero-order chi connectivity index (χ0) is 14.9. The molecule has 0 amide bonds. The van der Waals surface area contributed by atoms with Crippen LogP contribution in [0.2, 0.25) is 0 Å². The van der Waals surface area contributed by atoms with Gasteiger partial charge in [-0.1, -0.05) is 31.0 Å². The molecule has 1 heterocycles. The van der Waals surface area contributed by atoms with Crippen LogP contribution in [-0.4, -0.2) is 22.6 Å². The van der Waals surface area contributed by atoms with E-state index >= 15 is 0 Å². The van der Waals surface area contributed by atoms with Gasteiger partial charge in [-0.3, -0.25) is 9.78 Å². The average Bonchev–Trinajstić information content (AvgIpc) is 2.95. The van der Waals surface area contributed by atoms with Crippen LogP contribution in [0.4, 0.5) is 5.69 Å². The Bertz CT molecular complexity index is 676. The van der Waals surface area contributed by atoms with Gasteiger partial charge in [0.05, 0.1) is 10.9 Å². The van der Waals surface area contributed by atoms with Crippen LogP contribution in [0.3, 0.4) is 0 Å². The van der Waals surface area contributed by atoms with E-state index in [-0.39, 0.29) is 0 Å². The quantitative estimate of drug-likeness (QED) is 0.900. The molecule has 1 aliphatic rings. The Morgan fingerprint density at radius 1 is 1.33 bits per heavy atom. The zero-order valence-electron chi connectivity index (χ0n) is 12.2. The summed E-state index contributed by atoms with van der Waals surface area (Å²) in [6, 6.07) is 9.94. The van der Waals surface area contributed by atoms with Crippen molar-refractivity contribution in [3.05, 3.63) is 36.0 Å². The summed E-state index contributed by atoms with van der Waals surface area (Å²) in [4.78, 5) is 16.1. The molecule has 0 aliphatic heterocycles. The molecule has 0 radical (unpaired) electrons. The SMILES string of the molecule is Cc1cc(NCC2(C(=O)O)CCCC2)c2ccccc2n1. The second-order valence-corrected chi connectivity index (χ2v) is 5.97. The van der Waals surface area contributed by atoms with Gasteiger partial charge in [-0.15, -0.1) is 0 Å². The highest BCUT2D eigenvalue weighted by Crippen LogP contribution is 2.39. The summed E-state index contributed by atoms with van der Waals surface area (Å²) in [5.74, 6) is -0.678. The van der Waals surface area contributed by atoms with Gasteiger partial charge in [-0.2, -0.15) is 0 Å². The summed E-state index contributed by atoms with van der Waals surface area (Å²) >= 11 is 0. The number of carbonyl (C=O) groups is 1.